The molecule has 2 aromatic rings. The minimum atomic E-state index is -3.87. The third kappa shape index (κ3) is 7.45. The van der Waals surface area contributed by atoms with E-state index in [1.54, 1.807) is 57.7 Å². The van der Waals surface area contributed by atoms with E-state index in [0.717, 1.165) is 5.56 Å². The molecule has 1 saturated heterocycles. The van der Waals surface area contributed by atoms with Crippen LogP contribution in [-0.2, 0) is 29.1 Å². The van der Waals surface area contributed by atoms with Crippen LogP contribution in [-0.4, -0.2) is 85.3 Å². The van der Waals surface area contributed by atoms with E-state index in [0.29, 0.717) is 24.3 Å². The Hall–Kier alpha value is -4.40. The highest BCUT2D eigenvalue weighted by Crippen LogP contribution is 2.45. The molecule has 0 aromatic carbocycles. The third-order valence-corrected chi connectivity index (χ3v) is 10.6. The summed E-state index contributed by atoms with van der Waals surface area (Å²) in [5, 5.41) is 4.74. The molecule has 2 aromatic heterocycles. The Balaban J connectivity index is 1.36. The Kier molecular flexibility index (Phi) is 9.40. The van der Waals surface area contributed by atoms with Crippen molar-refractivity contribution in [2.75, 3.05) is 20.3 Å². The first kappa shape index (κ1) is 33.9. The number of carbonyl (C=O) groups is 4. The van der Waals surface area contributed by atoms with E-state index in [9.17, 15) is 27.6 Å². The summed E-state index contributed by atoms with van der Waals surface area (Å²) in [5.74, 6) is -2.24. The highest BCUT2D eigenvalue weighted by atomic mass is 32.2. The minimum Gasteiger partial charge on any atom is -0.493 e. The predicted octanol–water partition coefficient (Wildman–Crippen LogP) is 2.38. The highest BCUT2D eigenvalue weighted by molar-refractivity contribution is 7.91. The van der Waals surface area contributed by atoms with Crippen LogP contribution in [0.4, 0.5) is 4.79 Å². The van der Waals surface area contributed by atoms with Crippen molar-refractivity contribution >= 4 is 33.8 Å². The number of sulfonamides is 1. The summed E-state index contributed by atoms with van der Waals surface area (Å²) in [5.41, 5.74) is -0.855. The number of likely N-dealkylation sites (tertiary alicyclic amines) is 1. The standard InChI is InChI=1S/C32H41N5O9S/c1-6-21-15-32(21,29(40)36-47(42,43)23-7-8-23)35-27(38)25-13-19(16-37(25)28(39)26(31(2,3)4)34-30(41)44-5)17-46-22-9-11-33-24(14-22)20-10-12-45-18-20/h6,9-12,14,18-19,21,23,25-26H,1,7-8,13,15-17H2,2-5H3,(H,34,41)(H,35,38)(H,36,40)/t19-,21+,25+,26-,32-/m1/s1. The molecule has 0 radical (unpaired) electrons. The Morgan fingerprint density at radius 1 is 1.23 bits per heavy atom. The fourth-order valence-corrected chi connectivity index (χ4v) is 7.19. The molecule has 3 fully saturated rings. The lowest BCUT2D eigenvalue weighted by atomic mass is 9.85. The van der Waals surface area contributed by atoms with E-state index < -0.39 is 68.0 Å². The normalized spacial score (nSPS) is 24.5. The summed E-state index contributed by atoms with van der Waals surface area (Å²) >= 11 is 0. The van der Waals surface area contributed by atoms with E-state index in [1.165, 1.54) is 18.1 Å². The SMILES string of the molecule is C=C[C@H]1C[C@]1(NC(=O)[C@@H]1C[C@@H](COc2ccnc(-c3ccoc3)c2)CN1C(=O)[C@@H](NC(=O)OC)C(C)(C)C)C(=O)NS(=O)(=O)C1CC1. The zero-order valence-electron chi connectivity index (χ0n) is 26.9. The van der Waals surface area contributed by atoms with Gasteiger partial charge in [0.15, 0.2) is 0 Å². The van der Waals surface area contributed by atoms with Crippen LogP contribution in [0, 0.1) is 17.3 Å². The summed E-state index contributed by atoms with van der Waals surface area (Å²) in [6.07, 6.45) is 6.68. The number of aromatic nitrogens is 1. The zero-order chi connectivity index (χ0) is 34.1. The van der Waals surface area contributed by atoms with Crippen molar-refractivity contribution in [1.29, 1.82) is 0 Å². The van der Waals surface area contributed by atoms with E-state index in [2.05, 4.69) is 26.9 Å². The van der Waals surface area contributed by atoms with Gasteiger partial charge in [0.1, 0.15) is 23.4 Å². The van der Waals surface area contributed by atoms with Crippen molar-refractivity contribution in [2.24, 2.45) is 17.3 Å². The molecule has 15 heteroatoms. The molecule has 14 nitrogen and oxygen atoms in total. The predicted molar refractivity (Wildman–Crippen MR) is 169 cm³/mol. The fraction of sp³-hybridized carbons (Fsp3) is 0.531. The average Bonchev–Trinajstić information content (AvgIpc) is 3.89. The molecule has 3 heterocycles. The summed E-state index contributed by atoms with van der Waals surface area (Å²) < 4.78 is 43.3. The molecule has 1 aliphatic heterocycles. The monoisotopic (exact) mass is 671 g/mol. The first-order chi connectivity index (χ1) is 22.2. The summed E-state index contributed by atoms with van der Waals surface area (Å²) in [4.78, 5) is 59.4. The second-order valence-electron chi connectivity index (χ2n) is 13.4. The van der Waals surface area contributed by atoms with Gasteiger partial charge < -0.3 is 29.4 Å². The van der Waals surface area contributed by atoms with Crippen LogP contribution in [0.25, 0.3) is 11.3 Å². The van der Waals surface area contributed by atoms with Crippen LogP contribution < -0.4 is 20.1 Å². The van der Waals surface area contributed by atoms with Crippen LogP contribution in [0.1, 0.15) is 46.5 Å². The number of ether oxygens (including phenoxy) is 2. The lowest BCUT2D eigenvalue weighted by Crippen LogP contribution is -2.60. The van der Waals surface area contributed by atoms with Gasteiger partial charge in [-0.05, 0) is 43.2 Å². The maximum Gasteiger partial charge on any atom is 0.407 e. The topological polar surface area (TPSA) is 186 Å². The number of hydrogen-bond acceptors (Lipinski definition) is 10. The Morgan fingerprint density at radius 2 is 1.98 bits per heavy atom. The molecule has 254 valence electrons. The van der Waals surface area contributed by atoms with Gasteiger partial charge in [-0.3, -0.25) is 24.1 Å². The molecule has 0 spiro atoms. The smallest absolute Gasteiger partial charge is 0.407 e. The minimum absolute atomic E-state index is 0.117. The molecule has 2 aliphatic carbocycles. The molecular weight excluding hydrogens is 630 g/mol. The van der Waals surface area contributed by atoms with Gasteiger partial charge >= 0.3 is 6.09 Å². The van der Waals surface area contributed by atoms with Gasteiger partial charge in [0.2, 0.25) is 21.8 Å². The summed E-state index contributed by atoms with van der Waals surface area (Å²) in [7, 11) is -2.68. The van der Waals surface area contributed by atoms with Crippen molar-refractivity contribution in [1.82, 2.24) is 25.2 Å². The van der Waals surface area contributed by atoms with E-state index in [4.69, 9.17) is 13.9 Å². The molecule has 47 heavy (non-hydrogen) atoms. The van der Waals surface area contributed by atoms with Gasteiger partial charge in [-0.25, -0.2) is 13.2 Å². The number of carbonyl (C=O) groups excluding carboxylic acids is 4. The van der Waals surface area contributed by atoms with Crippen molar-refractivity contribution in [3.05, 3.63) is 49.6 Å². The highest BCUT2D eigenvalue weighted by Gasteiger charge is 2.62. The molecule has 5 rings (SSSR count). The van der Waals surface area contributed by atoms with Crippen molar-refractivity contribution < 1.29 is 41.5 Å². The largest absolute Gasteiger partial charge is 0.493 e. The maximum atomic E-state index is 14.1. The van der Waals surface area contributed by atoms with E-state index >= 15 is 0 Å². The number of nitrogens with zero attached hydrogens (tertiary/aromatic N) is 2. The van der Waals surface area contributed by atoms with Crippen LogP contribution in [0.15, 0.2) is 54.0 Å². The van der Waals surface area contributed by atoms with Gasteiger partial charge in [0, 0.05) is 36.2 Å². The Labute approximate surface area is 273 Å². The third-order valence-electron chi connectivity index (χ3n) is 8.82. The van der Waals surface area contributed by atoms with Gasteiger partial charge in [-0.15, -0.1) is 6.58 Å². The number of hydrogen-bond donors (Lipinski definition) is 3. The number of nitrogens with one attached hydrogen (secondary N) is 3. The van der Waals surface area contributed by atoms with Crippen LogP contribution in [0.2, 0.25) is 0 Å². The second-order valence-corrected chi connectivity index (χ2v) is 15.4. The van der Waals surface area contributed by atoms with Gasteiger partial charge in [-0.2, -0.15) is 0 Å². The number of amides is 4. The summed E-state index contributed by atoms with van der Waals surface area (Å²) in [6, 6.07) is 3.13. The first-order valence-electron chi connectivity index (χ1n) is 15.5. The second kappa shape index (κ2) is 13.0. The van der Waals surface area contributed by atoms with Gasteiger partial charge in [0.25, 0.3) is 5.91 Å². The number of furan rings is 1. The number of pyridine rings is 1. The van der Waals surface area contributed by atoms with Crippen molar-refractivity contribution in [3.63, 3.8) is 0 Å². The Bertz CT molecular complexity index is 1630. The molecule has 2 saturated carbocycles. The molecule has 3 N–H and O–H groups in total. The van der Waals surface area contributed by atoms with Crippen molar-refractivity contribution in [3.8, 4) is 17.0 Å². The van der Waals surface area contributed by atoms with Crippen LogP contribution >= 0.6 is 0 Å². The maximum absolute atomic E-state index is 14.1. The van der Waals surface area contributed by atoms with E-state index in [1.807, 2.05) is 0 Å². The number of alkyl carbamates (subject to hydrolysis) is 1. The quantitative estimate of drug-likeness (QED) is 0.283. The molecule has 5 atom stereocenters. The molecule has 0 bridgehead atoms. The molecular formula is C32H41N5O9S. The number of rotatable bonds is 12. The van der Waals surface area contributed by atoms with Crippen LogP contribution in [0.5, 0.6) is 5.75 Å². The molecule has 3 aliphatic rings. The zero-order valence-corrected chi connectivity index (χ0v) is 27.7. The average molecular weight is 672 g/mol. The Morgan fingerprint density at radius 3 is 2.57 bits per heavy atom. The fourth-order valence-electron chi connectivity index (χ4n) is 5.83. The van der Waals surface area contributed by atoms with Crippen molar-refractivity contribution in [2.45, 2.75) is 69.3 Å². The summed E-state index contributed by atoms with van der Waals surface area (Å²) in [6.45, 7) is 9.33. The molecule has 0 unspecified atom stereocenters. The first-order valence-corrected chi connectivity index (χ1v) is 17.0. The van der Waals surface area contributed by atoms with E-state index in [-0.39, 0.29) is 31.9 Å². The van der Waals surface area contributed by atoms with Crippen LogP contribution in [0.3, 0.4) is 0 Å². The van der Waals surface area contributed by atoms with Gasteiger partial charge in [0.05, 0.1) is 37.2 Å². The number of methoxy groups -OCH3 is 1. The lowest BCUT2D eigenvalue weighted by Gasteiger charge is -2.35. The molecule has 4 amide bonds. The van der Waals surface area contributed by atoms with Gasteiger partial charge in [-0.1, -0.05) is 26.8 Å². The lowest BCUT2D eigenvalue weighted by molar-refractivity contribution is -0.142.